The summed E-state index contributed by atoms with van der Waals surface area (Å²) < 4.78 is 37.3. The van der Waals surface area contributed by atoms with Crippen LogP contribution in [0.5, 0.6) is 0 Å². The summed E-state index contributed by atoms with van der Waals surface area (Å²) >= 11 is 0.749. The van der Waals surface area contributed by atoms with Gasteiger partial charge in [0.2, 0.25) is 0 Å². The first kappa shape index (κ1) is 13.8. The maximum absolute atomic E-state index is 12.4. The molecule has 1 aromatic heterocycles. The van der Waals surface area contributed by atoms with Crippen LogP contribution >= 0.6 is 11.3 Å². The molecule has 0 amide bonds. The number of nitrogens with zero attached hydrogens (tertiary/aromatic N) is 2. The first-order valence-corrected chi connectivity index (χ1v) is 6.73. The van der Waals surface area contributed by atoms with Crippen LogP contribution in [0.4, 0.5) is 13.2 Å². The normalized spacial score (nSPS) is 21.7. The molecule has 2 rings (SSSR count). The van der Waals surface area contributed by atoms with Crippen molar-refractivity contribution in [3.8, 4) is 0 Å². The van der Waals surface area contributed by atoms with Gasteiger partial charge in [-0.3, -0.25) is 4.90 Å². The molecule has 1 aliphatic heterocycles. The molecule has 1 saturated heterocycles. The molecule has 0 spiro atoms. The van der Waals surface area contributed by atoms with Crippen LogP contribution in [0.3, 0.4) is 0 Å². The van der Waals surface area contributed by atoms with Crippen molar-refractivity contribution in [2.45, 2.75) is 31.6 Å². The Morgan fingerprint density at radius 1 is 1.56 bits per heavy atom. The van der Waals surface area contributed by atoms with Crippen molar-refractivity contribution in [2.75, 3.05) is 20.1 Å². The number of halogens is 3. The van der Waals surface area contributed by atoms with Crippen molar-refractivity contribution in [3.05, 3.63) is 16.1 Å². The Balaban J connectivity index is 1.99. The van der Waals surface area contributed by atoms with Gasteiger partial charge in [-0.25, -0.2) is 4.98 Å². The van der Waals surface area contributed by atoms with Crippen LogP contribution in [-0.2, 0) is 12.7 Å². The molecule has 2 heterocycles. The minimum absolute atomic E-state index is 0.423. The van der Waals surface area contributed by atoms with Gasteiger partial charge in [-0.15, -0.1) is 11.3 Å². The molecule has 1 aliphatic rings. The molecule has 18 heavy (non-hydrogen) atoms. The SMILES string of the molecule is CNCC1CCCN1Cc1cnc(C(F)(F)F)s1. The minimum atomic E-state index is -4.32. The highest BCUT2D eigenvalue weighted by molar-refractivity contribution is 7.11. The Morgan fingerprint density at radius 2 is 2.33 bits per heavy atom. The number of likely N-dealkylation sites (tertiary alicyclic amines) is 1. The van der Waals surface area contributed by atoms with Crippen LogP contribution in [0, 0.1) is 0 Å². The van der Waals surface area contributed by atoms with Crippen molar-refractivity contribution >= 4 is 11.3 Å². The number of thiazole rings is 1. The highest BCUT2D eigenvalue weighted by Crippen LogP contribution is 2.33. The molecule has 3 nitrogen and oxygen atoms in total. The van der Waals surface area contributed by atoms with E-state index in [-0.39, 0.29) is 0 Å². The predicted octanol–water partition coefficient (Wildman–Crippen LogP) is 2.35. The highest BCUT2D eigenvalue weighted by atomic mass is 32.1. The largest absolute Gasteiger partial charge is 0.443 e. The van der Waals surface area contributed by atoms with Crippen LogP contribution in [0.25, 0.3) is 0 Å². The van der Waals surface area contributed by atoms with Gasteiger partial charge < -0.3 is 5.32 Å². The zero-order valence-corrected chi connectivity index (χ0v) is 10.9. The Morgan fingerprint density at radius 3 is 2.94 bits per heavy atom. The molecule has 0 aromatic carbocycles. The number of hydrogen-bond acceptors (Lipinski definition) is 4. The number of rotatable bonds is 4. The van der Waals surface area contributed by atoms with E-state index < -0.39 is 11.2 Å². The zero-order valence-electron chi connectivity index (χ0n) is 10.1. The molecule has 0 saturated carbocycles. The van der Waals surface area contributed by atoms with Crippen molar-refractivity contribution in [1.29, 1.82) is 0 Å². The lowest BCUT2D eigenvalue weighted by Gasteiger charge is -2.23. The maximum Gasteiger partial charge on any atom is 0.443 e. The molecule has 0 aliphatic carbocycles. The fourth-order valence-electron chi connectivity index (χ4n) is 2.28. The van der Waals surface area contributed by atoms with Crippen LogP contribution in [0.1, 0.15) is 22.7 Å². The van der Waals surface area contributed by atoms with E-state index in [4.69, 9.17) is 0 Å². The summed E-state index contributed by atoms with van der Waals surface area (Å²) in [7, 11) is 1.89. The molecular formula is C11H16F3N3S. The molecule has 1 aromatic rings. The Labute approximate surface area is 108 Å². The van der Waals surface area contributed by atoms with Gasteiger partial charge in [-0.2, -0.15) is 13.2 Å². The Kier molecular flexibility index (Phi) is 4.24. The predicted molar refractivity (Wildman–Crippen MR) is 64.5 cm³/mol. The van der Waals surface area contributed by atoms with Gasteiger partial charge in [0.05, 0.1) is 0 Å². The van der Waals surface area contributed by atoms with Crippen LogP contribution in [0.15, 0.2) is 6.20 Å². The molecule has 102 valence electrons. The molecule has 1 fully saturated rings. The van der Waals surface area contributed by atoms with E-state index in [9.17, 15) is 13.2 Å². The second-order valence-corrected chi connectivity index (χ2v) is 5.57. The topological polar surface area (TPSA) is 28.2 Å². The highest BCUT2D eigenvalue weighted by Gasteiger charge is 2.35. The third-order valence-corrected chi connectivity index (χ3v) is 4.12. The summed E-state index contributed by atoms with van der Waals surface area (Å²) in [5, 5.41) is 2.37. The lowest BCUT2D eigenvalue weighted by molar-refractivity contribution is -0.137. The van der Waals surface area contributed by atoms with Gasteiger partial charge in [-0.05, 0) is 26.4 Å². The Bertz CT molecular complexity index is 391. The summed E-state index contributed by atoms with van der Waals surface area (Å²) in [4.78, 5) is 6.36. The fraction of sp³-hybridized carbons (Fsp3) is 0.727. The maximum atomic E-state index is 12.4. The van der Waals surface area contributed by atoms with Gasteiger partial charge in [0.1, 0.15) is 0 Å². The number of alkyl halides is 3. The summed E-state index contributed by atoms with van der Waals surface area (Å²) in [6.07, 6.45) is -0.760. The van der Waals surface area contributed by atoms with Crippen LogP contribution in [-0.4, -0.2) is 36.1 Å². The molecule has 1 N–H and O–H groups in total. The van der Waals surface area contributed by atoms with Crippen molar-refractivity contribution in [1.82, 2.24) is 15.2 Å². The lowest BCUT2D eigenvalue weighted by atomic mass is 10.2. The van der Waals surface area contributed by atoms with E-state index in [1.807, 2.05) is 7.05 Å². The van der Waals surface area contributed by atoms with E-state index in [1.165, 1.54) is 6.20 Å². The monoisotopic (exact) mass is 279 g/mol. The van der Waals surface area contributed by atoms with Crippen molar-refractivity contribution in [3.63, 3.8) is 0 Å². The zero-order chi connectivity index (χ0) is 13.2. The summed E-state index contributed by atoms with van der Waals surface area (Å²) in [5.41, 5.74) is 0. The fourth-order valence-corrected chi connectivity index (χ4v) is 3.09. The van der Waals surface area contributed by atoms with Crippen molar-refractivity contribution < 1.29 is 13.2 Å². The quantitative estimate of drug-likeness (QED) is 0.917. The average molecular weight is 279 g/mol. The summed E-state index contributed by atoms with van der Waals surface area (Å²) in [6, 6.07) is 0.423. The van der Waals surface area contributed by atoms with Crippen LogP contribution in [0.2, 0.25) is 0 Å². The Hall–Kier alpha value is -0.660. The first-order chi connectivity index (χ1) is 8.50. The second kappa shape index (κ2) is 5.54. The second-order valence-electron chi connectivity index (χ2n) is 4.45. The van der Waals surface area contributed by atoms with Gasteiger partial charge >= 0.3 is 6.18 Å². The third kappa shape index (κ3) is 3.21. The minimum Gasteiger partial charge on any atom is -0.318 e. The number of likely N-dealkylation sites (N-methyl/N-ethyl adjacent to an activating group) is 1. The van der Waals surface area contributed by atoms with Crippen molar-refractivity contribution in [2.24, 2.45) is 0 Å². The van der Waals surface area contributed by atoms with Gasteiger partial charge in [0.25, 0.3) is 0 Å². The summed E-state index contributed by atoms with van der Waals surface area (Å²) in [5.74, 6) is 0. The molecule has 0 bridgehead atoms. The molecular weight excluding hydrogens is 263 g/mol. The first-order valence-electron chi connectivity index (χ1n) is 5.91. The van der Waals surface area contributed by atoms with E-state index in [0.29, 0.717) is 17.5 Å². The molecule has 0 radical (unpaired) electrons. The number of aromatic nitrogens is 1. The van der Waals surface area contributed by atoms with E-state index in [1.54, 1.807) is 0 Å². The average Bonchev–Trinajstić information content (AvgIpc) is 2.89. The van der Waals surface area contributed by atoms with Gasteiger partial charge in [0, 0.05) is 30.2 Å². The summed E-state index contributed by atoms with van der Waals surface area (Å²) in [6.45, 7) is 2.40. The molecule has 1 atom stereocenters. The van der Waals surface area contributed by atoms with E-state index in [2.05, 4.69) is 15.2 Å². The van der Waals surface area contributed by atoms with Gasteiger partial charge in [-0.1, -0.05) is 0 Å². The standard InChI is InChI=1S/C11H16F3N3S/c1-15-5-8-3-2-4-17(8)7-9-6-16-10(18-9)11(12,13)14/h6,8,15H,2-5,7H2,1H3. The lowest BCUT2D eigenvalue weighted by Crippen LogP contribution is -2.36. The molecule has 1 unspecified atom stereocenters. The van der Waals surface area contributed by atoms with Gasteiger partial charge in [0.15, 0.2) is 5.01 Å². The van der Waals surface area contributed by atoms with Crippen LogP contribution < -0.4 is 5.32 Å². The molecule has 7 heteroatoms. The number of nitrogens with one attached hydrogen (secondary N) is 1. The number of hydrogen-bond donors (Lipinski definition) is 1. The van der Waals surface area contributed by atoms with E-state index in [0.717, 1.165) is 37.3 Å². The third-order valence-electron chi connectivity index (χ3n) is 3.09. The van der Waals surface area contributed by atoms with E-state index >= 15 is 0 Å². The smallest absolute Gasteiger partial charge is 0.318 e.